The summed E-state index contributed by atoms with van der Waals surface area (Å²) in [7, 11) is 0. The lowest BCUT2D eigenvalue weighted by Crippen LogP contribution is -2.41. The average Bonchev–Trinajstić information content (AvgIpc) is 3.03. The van der Waals surface area contributed by atoms with E-state index in [1.165, 1.54) is 18.9 Å². The Hall–Kier alpha value is -1.61. The first kappa shape index (κ1) is 17.7. The molecular formula is C20H28O3. The molecule has 3 nitrogen and oxygen atoms in total. The molecule has 1 N–H and O–H groups in total. The molecule has 126 valence electrons. The first-order valence-corrected chi connectivity index (χ1v) is 8.28. The molecule has 0 aromatic rings. The van der Waals surface area contributed by atoms with Gasteiger partial charge in [-0.1, -0.05) is 43.7 Å². The van der Waals surface area contributed by atoms with Gasteiger partial charge in [-0.2, -0.15) is 0 Å². The second-order valence-corrected chi connectivity index (χ2v) is 7.64. The van der Waals surface area contributed by atoms with Crippen LogP contribution in [0.25, 0.3) is 0 Å². The van der Waals surface area contributed by atoms with E-state index in [0.29, 0.717) is 0 Å². The number of aliphatic carboxylic acids is 1. The quantitative estimate of drug-likeness (QED) is 0.450. The van der Waals surface area contributed by atoms with Crippen molar-refractivity contribution in [2.24, 2.45) is 5.41 Å². The van der Waals surface area contributed by atoms with Crippen LogP contribution >= 0.6 is 0 Å². The minimum Gasteiger partial charge on any atom is -0.478 e. The van der Waals surface area contributed by atoms with Crippen molar-refractivity contribution < 1.29 is 14.6 Å². The molecule has 0 unspecified atom stereocenters. The number of epoxide rings is 1. The van der Waals surface area contributed by atoms with Crippen LogP contribution in [0, 0.1) is 5.41 Å². The van der Waals surface area contributed by atoms with Gasteiger partial charge in [-0.3, -0.25) is 0 Å². The van der Waals surface area contributed by atoms with Gasteiger partial charge in [-0.25, -0.2) is 4.79 Å². The first-order chi connectivity index (χ1) is 10.6. The third kappa shape index (κ3) is 3.50. The fourth-order valence-electron chi connectivity index (χ4n) is 3.81. The highest BCUT2D eigenvalue weighted by Crippen LogP contribution is 2.66. The molecule has 0 amide bonds. The summed E-state index contributed by atoms with van der Waals surface area (Å²) in [5, 5.41) is 8.68. The van der Waals surface area contributed by atoms with Gasteiger partial charge in [0.15, 0.2) is 0 Å². The van der Waals surface area contributed by atoms with Crippen molar-refractivity contribution in [2.75, 3.05) is 0 Å². The zero-order valence-corrected chi connectivity index (χ0v) is 14.8. The molecule has 1 heterocycles. The van der Waals surface area contributed by atoms with Crippen LogP contribution in [0.4, 0.5) is 0 Å². The fraction of sp³-hybridized carbons (Fsp3) is 0.550. The van der Waals surface area contributed by atoms with Crippen molar-refractivity contribution >= 4 is 5.97 Å². The van der Waals surface area contributed by atoms with Crippen molar-refractivity contribution in [3.63, 3.8) is 0 Å². The second kappa shape index (κ2) is 6.12. The fourth-order valence-corrected chi connectivity index (χ4v) is 3.81. The number of rotatable bonds is 5. The van der Waals surface area contributed by atoms with Crippen LogP contribution in [-0.4, -0.2) is 22.3 Å². The number of hydrogen-bond acceptors (Lipinski definition) is 2. The Balaban J connectivity index is 2.07. The van der Waals surface area contributed by atoms with E-state index in [1.54, 1.807) is 13.0 Å². The Morgan fingerprint density at radius 2 is 1.78 bits per heavy atom. The van der Waals surface area contributed by atoms with Gasteiger partial charge in [0.1, 0.15) is 5.60 Å². The maximum Gasteiger partial charge on any atom is 0.328 e. The molecule has 0 bridgehead atoms. The Morgan fingerprint density at radius 1 is 1.09 bits per heavy atom. The van der Waals surface area contributed by atoms with Crippen molar-refractivity contribution in [3.05, 3.63) is 47.6 Å². The number of fused-ring (bicyclic) bond motifs is 1. The van der Waals surface area contributed by atoms with E-state index in [0.717, 1.165) is 17.6 Å². The molecule has 1 saturated carbocycles. The van der Waals surface area contributed by atoms with Gasteiger partial charge in [0.2, 0.25) is 0 Å². The van der Waals surface area contributed by atoms with Crippen LogP contribution in [0.3, 0.4) is 0 Å². The van der Waals surface area contributed by atoms with Crippen molar-refractivity contribution in [3.8, 4) is 0 Å². The predicted molar refractivity (Wildman–Crippen MR) is 93.3 cm³/mol. The van der Waals surface area contributed by atoms with Gasteiger partial charge in [0.05, 0.1) is 5.60 Å². The molecule has 2 aliphatic rings. The SMILES string of the molecule is CC(=C/C(=O)O)/C=C/C=C(C)/C=C/[C@]12O[C@]1(C)CCCC2(C)C. The Morgan fingerprint density at radius 3 is 2.39 bits per heavy atom. The molecule has 0 aromatic heterocycles. The summed E-state index contributed by atoms with van der Waals surface area (Å²) in [5.41, 5.74) is 1.85. The van der Waals surface area contributed by atoms with Crippen LogP contribution in [0.15, 0.2) is 47.6 Å². The zero-order valence-electron chi connectivity index (χ0n) is 14.8. The monoisotopic (exact) mass is 316 g/mol. The maximum atomic E-state index is 10.6. The van der Waals surface area contributed by atoms with Gasteiger partial charge in [-0.15, -0.1) is 0 Å². The highest BCUT2D eigenvalue weighted by Gasteiger charge is 2.73. The number of carbonyl (C=O) groups is 1. The molecule has 0 aromatic carbocycles. The molecule has 2 atom stereocenters. The summed E-state index contributed by atoms with van der Waals surface area (Å²) in [6.45, 7) is 10.6. The minimum atomic E-state index is -0.920. The number of carboxylic acids is 1. The zero-order chi connectivity index (χ0) is 17.3. The number of hydrogen-bond donors (Lipinski definition) is 1. The van der Waals surface area contributed by atoms with E-state index in [1.807, 2.05) is 19.1 Å². The maximum absolute atomic E-state index is 10.6. The molecule has 0 radical (unpaired) electrons. The van der Waals surface area contributed by atoms with Crippen molar-refractivity contribution in [2.45, 2.75) is 65.1 Å². The molecule has 2 rings (SSSR count). The second-order valence-electron chi connectivity index (χ2n) is 7.64. The average molecular weight is 316 g/mol. The molecule has 1 aliphatic heterocycles. The molecule has 3 heteroatoms. The first-order valence-electron chi connectivity index (χ1n) is 8.28. The van der Waals surface area contributed by atoms with Crippen LogP contribution in [0.5, 0.6) is 0 Å². The van der Waals surface area contributed by atoms with Gasteiger partial charge in [0.25, 0.3) is 0 Å². The Labute approximate surface area is 139 Å². The topological polar surface area (TPSA) is 49.8 Å². The van der Waals surface area contributed by atoms with Crippen molar-refractivity contribution in [1.82, 2.24) is 0 Å². The third-order valence-corrected chi connectivity index (χ3v) is 5.24. The highest BCUT2D eigenvalue weighted by molar-refractivity contribution is 5.81. The van der Waals surface area contributed by atoms with Gasteiger partial charge < -0.3 is 9.84 Å². The van der Waals surface area contributed by atoms with E-state index in [4.69, 9.17) is 9.84 Å². The highest BCUT2D eigenvalue weighted by atomic mass is 16.6. The molecule has 0 spiro atoms. The van der Waals surface area contributed by atoms with Crippen molar-refractivity contribution in [1.29, 1.82) is 0 Å². The van der Waals surface area contributed by atoms with E-state index in [9.17, 15) is 4.79 Å². The van der Waals surface area contributed by atoms with Gasteiger partial charge in [-0.05, 0) is 51.7 Å². The van der Waals surface area contributed by atoms with Crippen LogP contribution in [-0.2, 0) is 9.53 Å². The van der Waals surface area contributed by atoms with Gasteiger partial charge in [0, 0.05) is 11.5 Å². The lowest BCUT2D eigenvalue weighted by Gasteiger charge is -2.36. The van der Waals surface area contributed by atoms with Crippen LogP contribution < -0.4 is 0 Å². The normalized spacial score (nSPS) is 34.0. The van der Waals surface area contributed by atoms with Gasteiger partial charge >= 0.3 is 5.97 Å². The lowest BCUT2D eigenvalue weighted by atomic mass is 9.64. The number of carboxylic acid groups (broad SMARTS) is 1. The summed E-state index contributed by atoms with van der Waals surface area (Å²) in [5.74, 6) is -0.920. The molecule has 1 aliphatic carbocycles. The van der Waals surface area contributed by atoms with E-state index < -0.39 is 5.97 Å². The van der Waals surface area contributed by atoms with E-state index in [-0.39, 0.29) is 16.6 Å². The summed E-state index contributed by atoms with van der Waals surface area (Å²) in [6.07, 6.45) is 14.8. The predicted octanol–water partition coefficient (Wildman–Crippen LogP) is 4.81. The molecule has 23 heavy (non-hydrogen) atoms. The number of allylic oxidation sites excluding steroid dienone is 6. The molecular weight excluding hydrogens is 288 g/mol. The largest absolute Gasteiger partial charge is 0.478 e. The third-order valence-electron chi connectivity index (χ3n) is 5.24. The summed E-state index contributed by atoms with van der Waals surface area (Å²) < 4.78 is 6.20. The molecule has 2 fully saturated rings. The summed E-state index contributed by atoms with van der Waals surface area (Å²) >= 11 is 0. The lowest BCUT2D eigenvalue weighted by molar-refractivity contribution is -0.131. The smallest absolute Gasteiger partial charge is 0.328 e. The number of ether oxygens (including phenoxy) is 1. The standard InChI is InChI=1S/C20H28O3/c1-15(8-6-9-16(2)14-17(21)22)10-13-20-18(3,4)11-7-12-19(20,5)23-20/h6,8-10,13-14H,7,11-12H2,1-5H3,(H,21,22)/b9-6+,13-10+,15-8+,16-14-/t19-,20-/m1/s1. The van der Waals surface area contributed by atoms with Crippen LogP contribution in [0.1, 0.15) is 53.9 Å². The summed E-state index contributed by atoms with van der Waals surface area (Å²) in [6, 6.07) is 0. The van der Waals surface area contributed by atoms with Crippen LogP contribution in [0.2, 0.25) is 0 Å². The molecule has 1 saturated heterocycles. The Bertz CT molecular complexity index is 606. The minimum absolute atomic E-state index is 0.0117. The van der Waals surface area contributed by atoms with E-state index in [2.05, 4.69) is 32.9 Å². The summed E-state index contributed by atoms with van der Waals surface area (Å²) in [4.78, 5) is 10.6. The Kier molecular flexibility index (Phi) is 4.72. The van der Waals surface area contributed by atoms with E-state index >= 15 is 0 Å².